The van der Waals surface area contributed by atoms with E-state index in [1.165, 1.54) is 0 Å². The Bertz CT molecular complexity index is 632. The highest BCUT2D eigenvalue weighted by Gasteiger charge is 2.68. The molecule has 1 unspecified atom stereocenters. The minimum Gasteiger partial charge on any atom is -0.394 e. The van der Waals surface area contributed by atoms with Crippen LogP contribution in [0.4, 0.5) is 0 Å². The molecular formula is C21H32O5. The van der Waals surface area contributed by atoms with Gasteiger partial charge in [-0.05, 0) is 55.3 Å². The van der Waals surface area contributed by atoms with Crippen molar-refractivity contribution in [2.24, 2.45) is 34.5 Å². The molecule has 0 amide bonds. The standard InChI is InChI=1S/C21H32O5/c1-19-7-5-13(23)9-12(19)3-4-14-15-6-8-21(26,17(25)11-22)20(15,2)10-16(24)18(14)19/h12,14-15,17-18,22,25-26H,3-11H2,1-2H3/t12-,14-,15-,17?,18+,19-,20-,21-/m0/s1. The fourth-order valence-corrected chi connectivity index (χ4v) is 7.60. The Morgan fingerprint density at radius 3 is 2.58 bits per heavy atom. The molecule has 0 bridgehead atoms. The van der Waals surface area contributed by atoms with Crippen LogP contribution in [0, 0.1) is 34.5 Å². The fourth-order valence-electron chi connectivity index (χ4n) is 7.60. The molecule has 146 valence electrons. The number of Topliss-reactive ketones (excluding diaryl/α,β-unsaturated/α-hetero) is 2. The third-order valence-corrected chi connectivity index (χ3v) is 9.11. The Labute approximate surface area is 155 Å². The van der Waals surface area contributed by atoms with E-state index < -0.39 is 23.7 Å². The third kappa shape index (κ3) is 2.20. The highest BCUT2D eigenvalue weighted by molar-refractivity contribution is 5.86. The first kappa shape index (κ1) is 18.6. The van der Waals surface area contributed by atoms with Gasteiger partial charge in [-0.1, -0.05) is 13.8 Å². The second-order valence-electron chi connectivity index (χ2n) is 9.99. The molecule has 0 aromatic rings. The average Bonchev–Trinajstić information content (AvgIpc) is 2.86. The Hall–Kier alpha value is -0.780. The topological polar surface area (TPSA) is 94.8 Å². The van der Waals surface area contributed by atoms with E-state index >= 15 is 0 Å². The van der Waals surface area contributed by atoms with E-state index in [1.807, 2.05) is 6.92 Å². The fraction of sp³-hybridized carbons (Fsp3) is 0.905. The van der Waals surface area contributed by atoms with Crippen molar-refractivity contribution in [3.8, 4) is 0 Å². The molecule has 4 fully saturated rings. The summed E-state index contributed by atoms with van der Waals surface area (Å²) in [6.45, 7) is 3.67. The van der Waals surface area contributed by atoms with Gasteiger partial charge in [0, 0.05) is 30.6 Å². The van der Waals surface area contributed by atoms with E-state index in [4.69, 9.17) is 0 Å². The van der Waals surface area contributed by atoms with Crippen LogP contribution in [0.1, 0.15) is 65.2 Å². The smallest absolute Gasteiger partial charge is 0.137 e. The van der Waals surface area contributed by atoms with Gasteiger partial charge in [-0.3, -0.25) is 9.59 Å². The van der Waals surface area contributed by atoms with E-state index in [9.17, 15) is 24.9 Å². The second kappa shape index (κ2) is 5.86. The molecule has 5 heteroatoms. The van der Waals surface area contributed by atoms with Crippen molar-refractivity contribution in [3.63, 3.8) is 0 Å². The van der Waals surface area contributed by atoms with Crippen LogP contribution in [-0.2, 0) is 9.59 Å². The summed E-state index contributed by atoms with van der Waals surface area (Å²) in [4.78, 5) is 25.3. The van der Waals surface area contributed by atoms with Crippen LogP contribution in [0.5, 0.6) is 0 Å². The molecule has 8 atom stereocenters. The van der Waals surface area contributed by atoms with Gasteiger partial charge in [0.2, 0.25) is 0 Å². The number of hydrogen-bond acceptors (Lipinski definition) is 5. The molecule has 0 radical (unpaired) electrons. The maximum absolute atomic E-state index is 13.4. The zero-order valence-electron chi connectivity index (χ0n) is 15.9. The predicted molar refractivity (Wildman–Crippen MR) is 95.2 cm³/mol. The Kier molecular flexibility index (Phi) is 4.18. The molecule has 0 heterocycles. The summed E-state index contributed by atoms with van der Waals surface area (Å²) in [6.07, 6.45) is 4.18. The molecule has 0 aliphatic heterocycles. The number of carbonyl (C=O) groups is 2. The maximum Gasteiger partial charge on any atom is 0.137 e. The van der Waals surface area contributed by atoms with Crippen LogP contribution in [-0.4, -0.2) is 45.2 Å². The SMILES string of the molecule is C[C@]12CCC(=O)C[C@@H]1CC[C@@H]1[C@@H]2C(=O)C[C@@]2(C)[C@H]1CC[C@]2(O)C(O)CO. The highest BCUT2D eigenvalue weighted by Crippen LogP contribution is 2.67. The molecule has 4 aliphatic rings. The van der Waals surface area contributed by atoms with Crippen LogP contribution in [0.15, 0.2) is 0 Å². The Morgan fingerprint density at radius 1 is 1.15 bits per heavy atom. The van der Waals surface area contributed by atoms with Gasteiger partial charge in [0.1, 0.15) is 17.7 Å². The Morgan fingerprint density at radius 2 is 1.88 bits per heavy atom. The van der Waals surface area contributed by atoms with Crippen molar-refractivity contribution in [2.45, 2.75) is 76.9 Å². The lowest BCUT2D eigenvalue weighted by Crippen LogP contribution is -2.63. The number of hydrogen-bond donors (Lipinski definition) is 3. The number of rotatable bonds is 2. The van der Waals surface area contributed by atoms with Gasteiger partial charge in [0.15, 0.2) is 0 Å². The molecule has 0 spiro atoms. The zero-order chi connectivity index (χ0) is 18.9. The number of carbonyl (C=O) groups excluding carboxylic acids is 2. The minimum atomic E-state index is -1.40. The zero-order valence-corrected chi connectivity index (χ0v) is 15.9. The summed E-state index contributed by atoms with van der Waals surface area (Å²) < 4.78 is 0. The van der Waals surface area contributed by atoms with Crippen LogP contribution in [0.3, 0.4) is 0 Å². The van der Waals surface area contributed by atoms with Crippen molar-refractivity contribution in [2.75, 3.05) is 6.61 Å². The van der Waals surface area contributed by atoms with Gasteiger partial charge in [-0.2, -0.15) is 0 Å². The largest absolute Gasteiger partial charge is 0.394 e. The van der Waals surface area contributed by atoms with Gasteiger partial charge in [-0.25, -0.2) is 0 Å². The minimum absolute atomic E-state index is 0.0268. The molecule has 4 saturated carbocycles. The average molecular weight is 364 g/mol. The van der Waals surface area contributed by atoms with Gasteiger partial charge >= 0.3 is 0 Å². The number of aliphatic hydroxyl groups is 3. The third-order valence-electron chi connectivity index (χ3n) is 9.11. The van der Waals surface area contributed by atoms with Crippen LogP contribution in [0.2, 0.25) is 0 Å². The summed E-state index contributed by atoms with van der Waals surface area (Å²) in [5.41, 5.74) is -2.18. The van der Waals surface area contributed by atoms with Crippen molar-refractivity contribution < 1.29 is 24.9 Å². The molecule has 4 aliphatic carbocycles. The molecule has 0 saturated heterocycles. The summed E-state index contributed by atoms with van der Waals surface area (Å²) in [5.74, 6) is 1.21. The molecule has 5 nitrogen and oxygen atoms in total. The maximum atomic E-state index is 13.4. The van der Waals surface area contributed by atoms with E-state index in [0.29, 0.717) is 31.0 Å². The molecule has 26 heavy (non-hydrogen) atoms. The van der Waals surface area contributed by atoms with Crippen molar-refractivity contribution in [1.29, 1.82) is 0 Å². The lowest BCUT2D eigenvalue weighted by atomic mass is 9.44. The van der Waals surface area contributed by atoms with E-state index in [2.05, 4.69) is 6.92 Å². The summed E-state index contributed by atoms with van der Waals surface area (Å²) >= 11 is 0. The van der Waals surface area contributed by atoms with Crippen LogP contribution in [0.25, 0.3) is 0 Å². The first-order valence-electron chi connectivity index (χ1n) is 10.2. The number of fused-ring (bicyclic) bond motifs is 5. The molecular weight excluding hydrogens is 332 g/mol. The molecule has 0 aromatic heterocycles. The van der Waals surface area contributed by atoms with Crippen molar-refractivity contribution in [1.82, 2.24) is 0 Å². The first-order valence-corrected chi connectivity index (χ1v) is 10.2. The molecule has 4 rings (SSSR count). The number of aliphatic hydroxyl groups excluding tert-OH is 2. The van der Waals surface area contributed by atoms with Gasteiger partial charge in [0.25, 0.3) is 0 Å². The van der Waals surface area contributed by atoms with Gasteiger partial charge in [-0.15, -0.1) is 0 Å². The highest BCUT2D eigenvalue weighted by atomic mass is 16.4. The van der Waals surface area contributed by atoms with Crippen molar-refractivity contribution >= 4 is 11.6 Å². The summed E-state index contributed by atoms with van der Waals surface area (Å²) in [6, 6.07) is 0. The van der Waals surface area contributed by atoms with Gasteiger partial charge in [0.05, 0.1) is 12.2 Å². The monoisotopic (exact) mass is 364 g/mol. The van der Waals surface area contributed by atoms with E-state index in [0.717, 1.165) is 25.7 Å². The number of ketones is 2. The molecule has 0 aromatic carbocycles. The summed E-state index contributed by atoms with van der Waals surface area (Å²) in [7, 11) is 0. The van der Waals surface area contributed by atoms with E-state index in [1.54, 1.807) is 0 Å². The van der Waals surface area contributed by atoms with E-state index in [-0.39, 0.29) is 35.4 Å². The lowest BCUT2D eigenvalue weighted by molar-refractivity contribution is -0.195. The summed E-state index contributed by atoms with van der Waals surface area (Å²) in [5, 5.41) is 31.0. The molecule has 3 N–H and O–H groups in total. The quantitative estimate of drug-likeness (QED) is 0.695. The van der Waals surface area contributed by atoms with Crippen molar-refractivity contribution in [3.05, 3.63) is 0 Å². The lowest BCUT2D eigenvalue weighted by Gasteiger charge is -2.60. The first-order chi connectivity index (χ1) is 12.2. The predicted octanol–water partition coefficient (Wildman–Crippen LogP) is 1.86. The second-order valence-corrected chi connectivity index (χ2v) is 9.99. The van der Waals surface area contributed by atoms with Gasteiger partial charge < -0.3 is 15.3 Å². The normalized spacial score (nSPS) is 52.2. The van der Waals surface area contributed by atoms with Crippen LogP contribution >= 0.6 is 0 Å². The Balaban J connectivity index is 1.70. The van der Waals surface area contributed by atoms with Crippen LogP contribution < -0.4 is 0 Å².